The smallest absolute Gasteiger partial charge is 0.221 e. The van der Waals surface area contributed by atoms with Gasteiger partial charge in [0.05, 0.1) is 0 Å². The lowest BCUT2D eigenvalue weighted by Crippen LogP contribution is -2.45. The standard InChI is InChI=1S/C15H29N3OS.2ClH/c1-2-14-5-3-4-8-18(14)9-6-17-15(19)11-13-12-20-10-7-16-13;;/h13-14,16H,2-12H2,1H3,(H,17,19);2*1H. The van der Waals surface area contributed by atoms with Crippen LogP contribution in [0.5, 0.6) is 0 Å². The Labute approximate surface area is 151 Å². The Morgan fingerprint density at radius 3 is 2.86 bits per heavy atom. The van der Waals surface area contributed by atoms with Gasteiger partial charge in [0.25, 0.3) is 0 Å². The van der Waals surface area contributed by atoms with E-state index < -0.39 is 0 Å². The summed E-state index contributed by atoms with van der Waals surface area (Å²) >= 11 is 1.94. The first-order valence-electron chi connectivity index (χ1n) is 8.11. The highest BCUT2D eigenvalue weighted by molar-refractivity contribution is 7.99. The van der Waals surface area contributed by atoms with E-state index in [1.807, 2.05) is 11.8 Å². The average molecular weight is 372 g/mol. The number of amides is 1. The lowest BCUT2D eigenvalue weighted by Gasteiger charge is -2.35. The van der Waals surface area contributed by atoms with Crippen LogP contribution in [0.1, 0.15) is 39.0 Å². The molecule has 2 atom stereocenters. The van der Waals surface area contributed by atoms with Gasteiger partial charge in [0.15, 0.2) is 0 Å². The zero-order chi connectivity index (χ0) is 14.2. The summed E-state index contributed by atoms with van der Waals surface area (Å²) in [6.07, 6.45) is 5.87. The van der Waals surface area contributed by atoms with Gasteiger partial charge in [-0.15, -0.1) is 24.8 Å². The van der Waals surface area contributed by atoms with E-state index in [1.54, 1.807) is 0 Å². The number of rotatable bonds is 6. The van der Waals surface area contributed by atoms with Gasteiger partial charge in [0.2, 0.25) is 5.91 Å². The van der Waals surface area contributed by atoms with Gasteiger partial charge in [-0.3, -0.25) is 9.69 Å². The molecule has 0 aromatic carbocycles. The second kappa shape index (κ2) is 12.7. The summed E-state index contributed by atoms with van der Waals surface area (Å²) in [6.45, 7) is 6.32. The minimum Gasteiger partial charge on any atom is -0.355 e. The van der Waals surface area contributed by atoms with Crippen molar-refractivity contribution in [2.75, 3.05) is 37.7 Å². The molecule has 2 N–H and O–H groups in total. The van der Waals surface area contributed by atoms with Crippen LogP contribution in [0.15, 0.2) is 0 Å². The molecular formula is C15H31Cl2N3OS. The Morgan fingerprint density at radius 1 is 1.36 bits per heavy atom. The van der Waals surface area contributed by atoms with Crippen LogP contribution >= 0.6 is 36.6 Å². The first kappa shape index (κ1) is 22.3. The summed E-state index contributed by atoms with van der Waals surface area (Å²) in [5.74, 6) is 2.44. The number of carbonyl (C=O) groups is 1. The van der Waals surface area contributed by atoms with E-state index in [1.165, 1.54) is 38.0 Å². The van der Waals surface area contributed by atoms with Crippen LogP contribution in [0.2, 0.25) is 0 Å². The SMILES string of the molecule is CCC1CCCCN1CCNC(=O)CC1CSCCN1.Cl.Cl. The minimum absolute atomic E-state index is 0. The number of likely N-dealkylation sites (tertiary alicyclic amines) is 1. The molecule has 2 fully saturated rings. The highest BCUT2D eigenvalue weighted by Crippen LogP contribution is 2.18. The van der Waals surface area contributed by atoms with Crippen LogP contribution in [-0.2, 0) is 4.79 Å². The van der Waals surface area contributed by atoms with Crippen LogP contribution in [0.25, 0.3) is 0 Å². The maximum Gasteiger partial charge on any atom is 0.221 e. The topological polar surface area (TPSA) is 44.4 Å². The predicted octanol–water partition coefficient (Wildman–Crippen LogP) is 2.31. The van der Waals surface area contributed by atoms with E-state index in [-0.39, 0.29) is 30.7 Å². The average Bonchev–Trinajstić information content (AvgIpc) is 2.49. The second-order valence-corrected chi connectivity index (χ2v) is 7.02. The van der Waals surface area contributed by atoms with Crippen molar-refractivity contribution in [2.45, 2.75) is 51.1 Å². The van der Waals surface area contributed by atoms with Crippen molar-refractivity contribution in [1.82, 2.24) is 15.5 Å². The summed E-state index contributed by atoms with van der Waals surface area (Å²) in [6, 6.07) is 1.10. The van der Waals surface area contributed by atoms with Gasteiger partial charge in [0, 0.05) is 49.6 Å². The number of nitrogens with one attached hydrogen (secondary N) is 2. The molecule has 2 unspecified atom stereocenters. The summed E-state index contributed by atoms with van der Waals surface area (Å²) in [4.78, 5) is 14.5. The van der Waals surface area contributed by atoms with Gasteiger partial charge >= 0.3 is 0 Å². The lowest BCUT2D eigenvalue weighted by molar-refractivity contribution is -0.121. The summed E-state index contributed by atoms with van der Waals surface area (Å²) < 4.78 is 0. The normalized spacial score (nSPS) is 25.7. The molecule has 1 amide bonds. The largest absolute Gasteiger partial charge is 0.355 e. The molecule has 0 aromatic rings. The Hall–Kier alpha value is 0.320. The first-order chi connectivity index (χ1) is 9.79. The van der Waals surface area contributed by atoms with Crippen molar-refractivity contribution < 1.29 is 4.79 Å². The molecule has 2 aliphatic rings. The third-order valence-electron chi connectivity index (χ3n) is 4.37. The van der Waals surface area contributed by atoms with Gasteiger partial charge in [0.1, 0.15) is 0 Å². The lowest BCUT2D eigenvalue weighted by atomic mass is 10.0. The van der Waals surface area contributed by atoms with Crippen molar-refractivity contribution in [1.29, 1.82) is 0 Å². The fraction of sp³-hybridized carbons (Fsp3) is 0.933. The van der Waals surface area contributed by atoms with Crippen LogP contribution in [-0.4, -0.2) is 60.6 Å². The molecule has 0 bridgehead atoms. The number of nitrogens with zero attached hydrogens (tertiary/aromatic N) is 1. The zero-order valence-corrected chi connectivity index (χ0v) is 16.0. The zero-order valence-electron chi connectivity index (χ0n) is 13.5. The Kier molecular flexibility index (Phi) is 12.9. The molecule has 2 saturated heterocycles. The van der Waals surface area contributed by atoms with Crippen LogP contribution in [0, 0.1) is 0 Å². The maximum absolute atomic E-state index is 11.9. The quantitative estimate of drug-likeness (QED) is 0.751. The van der Waals surface area contributed by atoms with Crippen LogP contribution in [0.3, 0.4) is 0 Å². The van der Waals surface area contributed by atoms with Crippen molar-refractivity contribution in [2.24, 2.45) is 0 Å². The van der Waals surface area contributed by atoms with Crippen molar-refractivity contribution in [3.8, 4) is 0 Å². The highest BCUT2D eigenvalue weighted by atomic mass is 35.5. The third-order valence-corrected chi connectivity index (χ3v) is 5.50. The Morgan fingerprint density at radius 2 is 2.18 bits per heavy atom. The first-order valence-corrected chi connectivity index (χ1v) is 9.27. The fourth-order valence-electron chi connectivity index (χ4n) is 3.20. The molecule has 0 radical (unpaired) electrons. The predicted molar refractivity (Wildman–Crippen MR) is 101 cm³/mol. The van der Waals surface area contributed by atoms with Crippen molar-refractivity contribution in [3.05, 3.63) is 0 Å². The summed E-state index contributed by atoms with van der Waals surface area (Å²) in [5, 5.41) is 6.51. The number of halogens is 2. The molecule has 0 aromatic heterocycles. The molecule has 2 rings (SSSR count). The fourth-order valence-corrected chi connectivity index (χ4v) is 4.15. The van der Waals surface area contributed by atoms with Gasteiger partial charge in [-0.05, 0) is 25.8 Å². The molecule has 7 heteroatoms. The van der Waals surface area contributed by atoms with Gasteiger partial charge in [-0.2, -0.15) is 11.8 Å². The number of hydrogen-bond donors (Lipinski definition) is 2. The third kappa shape index (κ3) is 7.73. The van der Waals surface area contributed by atoms with Crippen molar-refractivity contribution in [3.63, 3.8) is 0 Å². The second-order valence-electron chi connectivity index (χ2n) is 5.87. The molecule has 2 heterocycles. The molecule has 0 spiro atoms. The molecule has 22 heavy (non-hydrogen) atoms. The van der Waals surface area contributed by atoms with E-state index >= 15 is 0 Å². The molecule has 2 aliphatic heterocycles. The highest BCUT2D eigenvalue weighted by Gasteiger charge is 2.20. The summed E-state index contributed by atoms with van der Waals surface area (Å²) in [5.41, 5.74) is 0. The molecule has 0 saturated carbocycles. The van der Waals surface area contributed by atoms with E-state index in [2.05, 4.69) is 22.5 Å². The molecule has 4 nitrogen and oxygen atoms in total. The van der Waals surface area contributed by atoms with Gasteiger partial charge < -0.3 is 10.6 Å². The number of carbonyl (C=O) groups excluding carboxylic acids is 1. The Balaban J connectivity index is 0.00000220. The molecular weight excluding hydrogens is 341 g/mol. The minimum atomic E-state index is 0. The summed E-state index contributed by atoms with van der Waals surface area (Å²) in [7, 11) is 0. The van der Waals surface area contributed by atoms with E-state index in [9.17, 15) is 4.79 Å². The molecule has 0 aliphatic carbocycles. The number of hydrogen-bond acceptors (Lipinski definition) is 4. The monoisotopic (exact) mass is 371 g/mol. The van der Waals surface area contributed by atoms with Crippen LogP contribution in [0.4, 0.5) is 0 Å². The van der Waals surface area contributed by atoms with E-state index in [0.717, 1.165) is 31.4 Å². The van der Waals surface area contributed by atoms with Crippen LogP contribution < -0.4 is 10.6 Å². The number of thioether (sulfide) groups is 1. The molecule has 132 valence electrons. The number of piperidine rings is 1. The van der Waals surface area contributed by atoms with Crippen molar-refractivity contribution >= 4 is 42.5 Å². The van der Waals surface area contributed by atoms with E-state index in [4.69, 9.17) is 0 Å². The van der Waals surface area contributed by atoms with Gasteiger partial charge in [-0.25, -0.2) is 0 Å². The van der Waals surface area contributed by atoms with E-state index in [0.29, 0.717) is 12.5 Å². The maximum atomic E-state index is 11.9. The Bertz CT molecular complexity index is 305. The van der Waals surface area contributed by atoms with Gasteiger partial charge in [-0.1, -0.05) is 13.3 Å².